The van der Waals surface area contributed by atoms with Gasteiger partial charge in [0.2, 0.25) is 35.4 Å². The predicted octanol–water partition coefficient (Wildman–Crippen LogP) is 3.67. The SMILES string of the molecule is C[C@@H](O)[C@@H]1NC(=O)[C@H](Cc2ccc(F)cc2)NC(=O)[C@@H](Cc2c[nH]c3ccccc23)NC(=O)[C@H](c2cccc3ccccc23)NC(=O)[C@@H]2CCCN2C(=O)[C@H](Cc2ccccc2)NC1=O. The molecule has 0 radical (unpaired) electrons. The van der Waals surface area contributed by atoms with E-state index in [-0.39, 0.29) is 32.2 Å². The number of H-pyrrole nitrogens is 1. The third-order valence-electron chi connectivity index (χ3n) is 12.2. The number of nitrogens with zero attached hydrogens (tertiary/aromatic N) is 1. The number of nitrogens with one attached hydrogen (secondary N) is 6. The third-order valence-corrected chi connectivity index (χ3v) is 12.2. The summed E-state index contributed by atoms with van der Waals surface area (Å²) in [5.41, 5.74) is 3.05. The molecule has 1 aromatic heterocycles. The summed E-state index contributed by atoms with van der Waals surface area (Å²) >= 11 is 0. The van der Waals surface area contributed by atoms with Gasteiger partial charge in [0.25, 0.3) is 0 Å². The lowest BCUT2D eigenvalue weighted by molar-refractivity contribution is -0.143. The standard InChI is InChI=1S/C50H50FN7O7/c1-29(59)43-48(63)55-41(26-30-11-3-2-4-12-30)50(65)58-24-10-19-42(58)47(62)57-44(37-17-9-14-32-13-5-6-15-35(32)37)49(64)54-40(27-33-28-52-38-18-8-7-16-36(33)38)45(60)53-39(46(61)56-43)25-31-20-22-34(51)23-21-31/h2-9,11-18,20-23,28-29,39-44,52,59H,10,19,24-27H2,1H3,(H,53,60)(H,54,64)(H,55,63)(H,56,61)(H,57,62)/t29-,39+,40-,41+,42+,43+,44+/m1/s1. The van der Waals surface area contributed by atoms with Crippen LogP contribution < -0.4 is 26.6 Å². The van der Waals surface area contributed by atoms with Gasteiger partial charge in [-0.15, -0.1) is 0 Å². The van der Waals surface area contributed by atoms with Crippen LogP contribution in [0, 0.1) is 5.82 Å². The van der Waals surface area contributed by atoms with Gasteiger partial charge in [-0.2, -0.15) is 0 Å². The number of hydrogen-bond acceptors (Lipinski definition) is 7. The van der Waals surface area contributed by atoms with Crippen molar-refractivity contribution in [2.45, 2.75) is 81.4 Å². The molecule has 6 aromatic rings. The van der Waals surface area contributed by atoms with Crippen molar-refractivity contribution in [1.29, 1.82) is 0 Å². The van der Waals surface area contributed by atoms with Crippen LogP contribution in [0.15, 0.2) is 128 Å². The van der Waals surface area contributed by atoms with Crippen LogP contribution in [0.5, 0.6) is 0 Å². The predicted molar refractivity (Wildman–Crippen MR) is 241 cm³/mol. The van der Waals surface area contributed by atoms with Crippen LogP contribution in [0.3, 0.4) is 0 Å². The zero-order chi connectivity index (χ0) is 45.6. The Kier molecular flexibility index (Phi) is 13.3. The molecule has 2 fully saturated rings. The van der Waals surface area contributed by atoms with E-state index in [1.807, 2.05) is 60.7 Å². The van der Waals surface area contributed by atoms with E-state index in [0.717, 1.165) is 16.3 Å². The molecule has 0 aliphatic carbocycles. The van der Waals surface area contributed by atoms with Crippen LogP contribution in [0.2, 0.25) is 0 Å². The van der Waals surface area contributed by atoms with Crippen molar-refractivity contribution in [1.82, 2.24) is 36.5 Å². The number of carbonyl (C=O) groups is 6. The molecule has 65 heavy (non-hydrogen) atoms. The minimum absolute atomic E-state index is 0.0127. The fourth-order valence-electron chi connectivity index (χ4n) is 8.82. The number of halogens is 1. The molecule has 7 N–H and O–H groups in total. The van der Waals surface area contributed by atoms with Gasteiger partial charge >= 0.3 is 0 Å². The van der Waals surface area contributed by atoms with Gasteiger partial charge in [-0.25, -0.2) is 4.39 Å². The minimum atomic E-state index is -1.61. The van der Waals surface area contributed by atoms with Gasteiger partial charge in [-0.1, -0.05) is 103 Å². The Morgan fingerprint density at radius 2 is 1.23 bits per heavy atom. The normalized spacial score (nSPS) is 23.1. The number of fused-ring (bicyclic) bond motifs is 3. The summed E-state index contributed by atoms with van der Waals surface area (Å²) in [6, 6.07) is 26.4. The molecule has 0 spiro atoms. The monoisotopic (exact) mass is 879 g/mol. The lowest BCUT2D eigenvalue weighted by Crippen LogP contribution is -2.62. The zero-order valence-corrected chi connectivity index (χ0v) is 35.6. The number of amides is 6. The number of rotatable bonds is 8. The summed E-state index contributed by atoms with van der Waals surface area (Å²) < 4.78 is 14.1. The summed E-state index contributed by atoms with van der Waals surface area (Å²) in [6.45, 7) is 1.48. The first-order valence-electron chi connectivity index (χ1n) is 21.7. The van der Waals surface area contributed by atoms with Crippen LogP contribution >= 0.6 is 0 Å². The molecule has 5 aromatic carbocycles. The van der Waals surface area contributed by atoms with Gasteiger partial charge in [0, 0.05) is 42.9 Å². The van der Waals surface area contributed by atoms with Gasteiger partial charge in [0.1, 0.15) is 42.1 Å². The Morgan fingerprint density at radius 3 is 2.00 bits per heavy atom. The largest absolute Gasteiger partial charge is 0.391 e. The topological polar surface area (TPSA) is 202 Å². The maximum Gasteiger partial charge on any atom is 0.247 e. The zero-order valence-electron chi connectivity index (χ0n) is 35.6. The smallest absolute Gasteiger partial charge is 0.247 e. The minimum Gasteiger partial charge on any atom is -0.391 e. The van der Waals surface area contributed by atoms with Crippen molar-refractivity contribution in [2.24, 2.45) is 0 Å². The first kappa shape index (κ1) is 44.2. The summed E-state index contributed by atoms with van der Waals surface area (Å²) in [5.74, 6) is -4.95. The lowest BCUT2D eigenvalue weighted by Gasteiger charge is -2.32. The molecule has 0 unspecified atom stereocenters. The second-order valence-electron chi connectivity index (χ2n) is 16.7. The first-order chi connectivity index (χ1) is 31.4. The highest BCUT2D eigenvalue weighted by atomic mass is 19.1. The molecule has 2 aliphatic heterocycles. The molecule has 2 aliphatic rings. The Hall–Kier alpha value is -7.39. The van der Waals surface area contributed by atoms with Crippen molar-refractivity contribution in [2.75, 3.05) is 6.54 Å². The molecule has 6 amide bonds. The first-order valence-corrected chi connectivity index (χ1v) is 21.7. The molecule has 14 nitrogen and oxygen atoms in total. The van der Waals surface area contributed by atoms with Crippen molar-refractivity contribution in [3.05, 3.63) is 156 Å². The highest BCUT2D eigenvalue weighted by Gasteiger charge is 2.41. The van der Waals surface area contributed by atoms with Gasteiger partial charge in [-0.05, 0) is 71.0 Å². The molecule has 7 atom stereocenters. The van der Waals surface area contributed by atoms with Crippen molar-refractivity contribution in [3.63, 3.8) is 0 Å². The van der Waals surface area contributed by atoms with E-state index in [1.165, 1.54) is 36.1 Å². The number of carbonyl (C=O) groups excluding carboxylic acids is 6. The van der Waals surface area contributed by atoms with Crippen LogP contribution in [0.1, 0.15) is 48.1 Å². The van der Waals surface area contributed by atoms with E-state index in [4.69, 9.17) is 0 Å². The molecule has 0 bridgehead atoms. The number of hydrogen-bond donors (Lipinski definition) is 7. The van der Waals surface area contributed by atoms with Crippen molar-refractivity contribution >= 4 is 57.1 Å². The van der Waals surface area contributed by atoms with Crippen LogP contribution in [-0.2, 0) is 48.0 Å². The van der Waals surface area contributed by atoms with E-state index < -0.39 is 83.6 Å². The molecule has 2 saturated heterocycles. The van der Waals surface area contributed by atoms with Gasteiger partial charge in [0.15, 0.2) is 0 Å². The molecular formula is C50H50FN7O7. The Morgan fingerprint density at radius 1 is 0.615 bits per heavy atom. The Balaban J connectivity index is 1.23. The number of aromatic nitrogens is 1. The molecule has 15 heteroatoms. The molecule has 334 valence electrons. The average Bonchev–Trinajstić information content (AvgIpc) is 3.97. The van der Waals surface area contributed by atoms with Gasteiger partial charge in [-0.3, -0.25) is 28.8 Å². The maximum absolute atomic E-state index is 15.0. The number of aliphatic hydroxyl groups is 1. The maximum atomic E-state index is 15.0. The average molecular weight is 880 g/mol. The van der Waals surface area contributed by atoms with Gasteiger partial charge < -0.3 is 41.6 Å². The van der Waals surface area contributed by atoms with E-state index in [2.05, 4.69) is 31.6 Å². The van der Waals surface area contributed by atoms with Gasteiger partial charge in [0.05, 0.1) is 6.10 Å². The molecule has 3 heterocycles. The molecule has 8 rings (SSSR count). The second kappa shape index (κ2) is 19.6. The Labute approximate surface area is 374 Å². The van der Waals surface area contributed by atoms with E-state index in [1.54, 1.807) is 42.6 Å². The quantitative estimate of drug-likeness (QED) is 0.121. The summed E-state index contributed by atoms with van der Waals surface area (Å²) in [5, 5.41) is 27.2. The second-order valence-corrected chi connectivity index (χ2v) is 16.7. The van der Waals surface area contributed by atoms with Crippen molar-refractivity contribution in [3.8, 4) is 0 Å². The summed E-state index contributed by atoms with van der Waals surface area (Å²) in [6.07, 6.45) is 0.735. The van der Waals surface area contributed by atoms with Crippen LogP contribution in [-0.4, -0.2) is 93.3 Å². The van der Waals surface area contributed by atoms with Crippen LogP contribution in [0.25, 0.3) is 21.7 Å². The van der Waals surface area contributed by atoms with E-state index in [9.17, 15) is 38.3 Å². The summed E-state index contributed by atoms with van der Waals surface area (Å²) in [4.78, 5) is 92.3. The number of benzene rings is 5. The number of aromatic amines is 1. The van der Waals surface area contributed by atoms with E-state index >= 15 is 0 Å². The fraction of sp³-hybridized carbons (Fsp3) is 0.280. The lowest BCUT2D eigenvalue weighted by atomic mass is 9.96. The summed E-state index contributed by atoms with van der Waals surface area (Å²) in [7, 11) is 0. The molecule has 0 saturated carbocycles. The molecular weight excluding hydrogens is 830 g/mol. The number of para-hydroxylation sites is 1. The van der Waals surface area contributed by atoms with Crippen molar-refractivity contribution < 1.29 is 38.3 Å². The highest BCUT2D eigenvalue weighted by molar-refractivity contribution is 6.01. The fourth-order valence-corrected chi connectivity index (χ4v) is 8.82. The van der Waals surface area contributed by atoms with Crippen LogP contribution in [0.4, 0.5) is 4.39 Å². The third kappa shape index (κ3) is 10.0. The Bertz CT molecular complexity index is 2720. The highest BCUT2D eigenvalue weighted by Crippen LogP contribution is 2.28. The number of aliphatic hydroxyl groups excluding tert-OH is 1. The van der Waals surface area contributed by atoms with E-state index in [0.29, 0.717) is 34.1 Å².